The third-order valence-electron chi connectivity index (χ3n) is 3.71. The fourth-order valence-electron chi connectivity index (χ4n) is 2.24. The number of carbonyl (C=O) groups is 1. The Morgan fingerprint density at radius 3 is 2.24 bits per heavy atom. The van der Waals surface area contributed by atoms with Crippen molar-refractivity contribution in [3.05, 3.63) is 35.9 Å². The Balaban J connectivity index is 2.71. The number of ether oxygens (including phenoxy) is 1. The zero-order valence-electron chi connectivity index (χ0n) is 11.0. The summed E-state index contributed by atoms with van der Waals surface area (Å²) in [4.78, 5) is 11.9. The zero-order valence-corrected chi connectivity index (χ0v) is 11.0. The van der Waals surface area contributed by atoms with Crippen LogP contribution in [0.3, 0.4) is 0 Å². The quantitative estimate of drug-likeness (QED) is 0.703. The van der Waals surface area contributed by atoms with Gasteiger partial charge in [-0.25, -0.2) is 0 Å². The van der Waals surface area contributed by atoms with E-state index in [0.717, 1.165) is 25.7 Å². The van der Waals surface area contributed by atoms with Crippen LogP contribution in [0.1, 0.15) is 38.7 Å². The Bertz CT molecular complexity index is 339. The van der Waals surface area contributed by atoms with Crippen LogP contribution >= 0.6 is 0 Å². The van der Waals surface area contributed by atoms with Crippen LogP contribution in [-0.2, 0) is 16.0 Å². The van der Waals surface area contributed by atoms with Crippen LogP contribution in [0, 0.1) is 5.41 Å². The number of aryl methyl sites for hydroxylation is 1. The number of benzene rings is 1. The summed E-state index contributed by atoms with van der Waals surface area (Å²) < 4.78 is 4.95. The zero-order chi connectivity index (χ0) is 12.7. The van der Waals surface area contributed by atoms with Crippen molar-refractivity contribution in [3.8, 4) is 0 Å². The highest BCUT2D eigenvalue weighted by Gasteiger charge is 2.35. The Labute approximate surface area is 104 Å². The lowest BCUT2D eigenvalue weighted by atomic mass is 9.77. The smallest absolute Gasteiger partial charge is 0.311 e. The average molecular weight is 234 g/mol. The summed E-state index contributed by atoms with van der Waals surface area (Å²) in [6.07, 6.45) is 3.46. The fraction of sp³-hybridized carbons (Fsp3) is 0.533. The van der Waals surface area contributed by atoms with Crippen molar-refractivity contribution in [2.45, 2.75) is 39.5 Å². The van der Waals surface area contributed by atoms with E-state index in [2.05, 4.69) is 26.0 Å². The van der Waals surface area contributed by atoms with Gasteiger partial charge < -0.3 is 4.74 Å². The monoisotopic (exact) mass is 234 g/mol. The average Bonchev–Trinajstić information content (AvgIpc) is 2.41. The predicted octanol–water partition coefficient (Wildman–Crippen LogP) is 3.60. The van der Waals surface area contributed by atoms with Crippen LogP contribution in [0.2, 0.25) is 0 Å². The second kappa shape index (κ2) is 6.43. The molecule has 2 nitrogen and oxygen atoms in total. The van der Waals surface area contributed by atoms with Gasteiger partial charge in [0, 0.05) is 0 Å². The third kappa shape index (κ3) is 3.32. The molecule has 0 N–H and O–H groups in total. The summed E-state index contributed by atoms with van der Waals surface area (Å²) in [5, 5.41) is 0. The minimum atomic E-state index is -0.315. The summed E-state index contributed by atoms with van der Waals surface area (Å²) in [5.74, 6) is -0.0709. The van der Waals surface area contributed by atoms with E-state index in [0.29, 0.717) is 0 Å². The van der Waals surface area contributed by atoms with Crippen LogP contribution in [-0.4, -0.2) is 13.1 Å². The van der Waals surface area contributed by atoms with E-state index in [1.54, 1.807) is 0 Å². The highest BCUT2D eigenvalue weighted by molar-refractivity contribution is 5.76. The van der Waals surface area contributed by atoms with E-state index < -0.39 is 0 Å². The Morgan fingerprint density at radius 2 is 1.76 bits per heavy atom. The summed E-state index contributed by atoms with van der Waals surface area (Å²) in [7, 11) is 1.48. The number of methoxy groups -OCH3 is 1. The molecule has 17 heavy (non-hydrogen) atoms. The van der Waals surface area contributed by atoms with Crippen molar-refractivity contribution in [2.75, 3.05) is 7.11 Å². The lowest BCUT2D eigenvalue weighted by molar-refractivity contribution is -0.153. The lowest BCUT2D eigenvalue weighted by Crippen LogP contribution is -2.31. The van der Waals surface area contributed by atoms with Crippen molar-refractivity contribution >= 4 is 5.97 Å². The Kier molecular flexibility index (Phi) is 5.20. The van der Waals surface area contributed by atoms with Crippen LogP contribution in [0.15, 0.2) is 30.3 Å². The minimum Gasteiger partial charge on any atom is -0.469 e. The molecule has 0 saturated carbocycles. The van der Waals surface area contributed by atoms with Crippen LogP contribution in [0.25, 0.3) is 0 Å². The van der Waals surface area contributed by atoms with E-state index in [1.165, 1.54) is 12.7 Å². The maximum Gasteiger partial charge on any atom is 0.311 e. The highest BCUT2D eigenvalue weighted by atomic mass is 16.5. The fourth-order valence-corrected chi connectivity index (χ4v) is 2.24. The SMILES string of the molecule is CCC(CC)(CCc1ccccc1)C(=O)OC. The molecule has 0 bridgehead atoms. The van der Waals surface area contributed by atoms with Crippen molar-refractivity contribution < 1.29 is 9.53 Å². The molecule has 0 saturated heterocycles. The molecule has 0 radical (unpaired) electrons. The Hall–Kier alpha value is -1.31. The van der Waals surface area contributed by atoms with Crippen LogP contribution in [0.5, 0.6) is 0 Å². The normalized spacial score (nSPS) is 11.2. The molecule has 0 amide bonds. The molecule has 0 atom stereocenters. The summed E-state index contributed by atoms with van der Waals surface area (Å²) in [5.41, 5.74) is 0.965. The summed E-state index contributed by atoms with van der Waals surface area (Å²) in [6, 6.07) is 10.3. The third-order valence-corrected chi connectivity index (χ3v) is 3.71. The maximum atomic E-state index is 11.9. The van der Waals surface area contributed by atoms with E-state index >= 15 is 0 Å². The van der Waals surface area contributed by atoms with Gasteiger partial charge in [-0.3, -0.25) is 4.79 Å². The topological polar surface area (TPSA) is 26.3 Å². The number of hydrogen-bond donors (Lipinski definition) is 0. The molecule has 94 valence electrons. The molecule has 1 aromatic rings. The van der Waals surface area contributed by atoms with E-state index in [9.17, 15) is 4.79 Å². The molecular weight excluding hydrogens is 212 g/mol. The van der Waals surface area contributed by atoms with Gasteiger partial charge in [0.2, 0.25) is 0 Å². The molecule has 0 unspecified atom stereocenters. The second-order valence-electron chi connectivity index (χ2n) is 4.46. The minimum absolute atomic E-state index is 0.0709. The molecule has 1 aromatic carbocycles. The van der Waals surface area contributed by atoms with Crippen molar-refractivity contribution in [2.24, 2.45) is 5.41 Å². The number of carbonyl (C=O) groups excluding carboxylic acids is 1. The van der Waals surface area contributed by atoms with Gasteiger partial charge in [0.1, 0.15) is 0 Å². The molecule has 0 aliphatic rings. The molecule has 0 aromatic heterocycles. The van der Waals surface area contributed by atoms with Gasteiger partial charge in [-0.1, -0.05) is 44.2 Å². The van der Waals surface area contributed by atoms with E-state index in [-0.39, 0.29) is 11.4 Å². The Morgan fingerprint density at radius 1 is 1.18 bits per heavy atom. The molecule has 0 heterocycles. The van der Waals surface area contributed by atoms with E-state index in [4.69, 9.17) is 4.74 Å². The van der Waals surface area contributed by atoms with Gasteiger partial charge in [0.05, 0.1) is 12.5 Å². The van der Waals surface area contributed by atoms with Gasteiger partial charge >= 0.3 is 5.97 Å². The standard InChI is InChI=1S/C15H22O2/c1-4-15(5-2,14(16)17-3)12-11-13-9-7-6-8-10-13/h6-10H,4-5,11-12H2,1-3H3. The van der Waals surface area contributed by atoms with Gasteiger partial charge in [-0.05, 0) is 31.2 Å². The molecule has 0 fully saturated rings. The van der Waals surface area contributed by atoms with Crippen LogP contribution in [0.4, 0.5) is 0 Å². The van der Waals surface area contributed by atoms with Crippen LogP contribution < -0.4 is 0 Å². The molecule has 0 aliphatic carbocycles. The maximum absolute atomic E-state index is 11.9. The molecule has 0 spiro atoms. The summed E-state index contributed by atoms with van der Waals surface area (Å²) >= 11 is 0. The van der Waals surface area contributed by atoms with Gasteiger partial charge in [0.15, 0.2) is 0 Å². The molecule has 0 aliphatic heterocycles. The first-order valence-corrected chi connectivity index (χ1v) is 6.31. The first-order valence-electron chi connectivity index (χ1n) is 6.31. The van der Waals surface area contributed by atoms with Gasteiger partial charge in [-0.2, -0.15) is 0 Å². The molecule has 1 rings (SSSR count). The lowest BCUT2D eigenvalue weighted by Gasteiger charge is -2.28. The summed E-state index contributed by atoms with van der Waals surface area (Å²) in [6.45, 7) is 4.12. The van der Waals surface area contributed by atoms with Gasteiger partial charge in [0.25, 0.3) is 0 Å². The van der Waals surface area contributed by atoms with E-state index in [1.807, 2.05) is 18.2 Å². The van der Waals surface area contributed by atoms with Gasteiger partial charge in [-0.15, -0.1) is 0 Å². The highest BCUT2D eigenvalue weighted by Crippen LogP contribution is 2.33. The second-order valence-corrected chi connectivity index (χ2v) is 4.46. The van der Waals surface area contributed by atoms with Crippen molar-refractivity contribution in [3.63, 3.8) is 0 Å². The van der Waals surface area contributed by atoms with Crippen molar-refractivity contribution in [1.29, 1.82) is 0 Å². The molecular formula is C15H22O2. The largest absolute Gasteiger partial charge is 0.469 e. The first kappa shape index (κ1) is 13.8. The molecule has 2 heteroatoms. The predicted molar refractivity (Wildman–Crippen MR) is 69.8 cm³/mol. The number of esters is 1. The number of rotatable bonds is 6. The van der Waals surface area contributed by atoms with Crippen molar-refractivity contribution in [1.82, 2.24) is 0 Å². The number of hydrogen-bond acceptors (Lipinski definition) is 2. The first-order chi connectivity index (χ1) is 8.18.